The van der Waals surface area contributed by atoms with Gasteiger partial charge in [0.1, 0.15) is 12.4 Å². The maximum absolute atomic E-state index is 11.0. The predicted molar refractivity (Wildman–Crippen MR) is 69.1 cm³/mol. The number of nitrogens with zero attached hydrogens (tertiary/aromatic N) is 2. The Kier molecular flexibility index (Phi) is 4.45. The molecule has 0 atom stereocenters. The van der Waals surface area contributed by atoms with Gasteiger partial charge in [0.25, 0.3) is 0 Å². The van der Waals surface area contributed by atoms with Crippen molar-refractivity contribution in [3.63, 3.8) is 0 Å². The van der Waals surface area contributed by atoms with Gasteiger partial charge in [0, 0.05) is 29.6 Å². The van der Waals surface area contributed by atoms with E-state index in [1.54, 1.807) is 0 Å². The number of methoxy groups -OCH3 is 1. The van der Waals surface area contributed by atoms with Crippen LogP contribution in [-0.2, 0) is 6.61 Å². The summed E-state index contributed by atoms with van der Waals surface area (Å²) in [4.78, 5) is 29.4. The second-order valence-corrected chi connectivity index (χ2v) is 4.04. The Labute approximate surface area is 120 Å². The van der Waals surface area contributed by atoms with Gasteiger partial charge >= 0.3 is 0 Å². The van der Waals surface area contributed by atoms with Gasteiger partial charge in [-0.05, 0) is 6.07 Å². The van der Waals surface area contributed by atoms with Crippen molar-refractivity contribution >= 4 is 12.3 Å². The molecular formula is C14H11N2O5-. The van der Waals surface area contributed by atoms with Crippen molar-refractivity contribution < 1.29 is 24.2 Å². The number of pyridine rings is 2. The summed E-state index contributed by atoms with van der Waals surface area (Å²) in [6.45, 7) is 0.0446. The summed E-state index contributed by atoms with van der Waals surface area (Å²) in [5.74, 6) is -0.751. The molecule has 0 aromatic carbocycles. The van der Waals surface area contributed by atoms with Gasteiger partial charge in [0.05, 0.1) is 24.8 Å². The molecule has 7 nitrogen and oxygen atoms in total. The van der Waals surface area contributed by atoms with Crippen LogP contribution < -0.4 is 14.6 Å². The molecule has 2 rings (SSSR count). The molecule has 2 heterocycles. The Balaban J connectivity index is 2.14. The van der Waals surface area contributed by atoms with Crippen molar-refractivity contribution in [3.05, 3.63) is 47.4 Å². The number of carbonyl (C=O) groups excluding carboxylic acids is 2. The fraction of sp³-hybridized carbons (Fsp3) is 0.143. The zero-order valence-electron chi connectivity index (χ0n) is 11.1. The van der Waals surface area contributed by atoms with E-state index in [-0.39, 0.29) is 23.5 Å². The van der Waals surface area contributed by atoms with Gasteiger partial charge in [-0.1, -0.05) is 0 Å². The number of aldehydes is 1. The first-order valence-corrected chi connectivity index (χ1v) is 5.91. The molecule has 0 spiro atoms. The Morgan fingerprint density at radius 2 is 2.14 bits per heavy atom. The quantitative estimate of drug-likeness (QED) is 0.701. The highest BCUT2D eigenvalue weighted by Crippen LogP contribution is 2.20. The molecule has 0 unspecified atom stereocenters. The summed E-state index contributed by atoms with van der Waals surface area (Å²) >= 11 is 0. The van der Waals surface area contributed by atoms with Crippen LogP contribution in [0.2, 0.25) is 0 Å². The summed E-state index contributed by atoms with van der Waals surface area (Å²) in [6.07, 6.45) is 4.63. The normalized spacial score (nSPS) is 9.95. The standard InChI is InChI=1S/C14H12N2O5/c1-20-13-3-11(7-17)12(6-16-13)21-8-9-2-10(14(18)19)5-15-4-9/h2-7H,8H2,1H3,(H,18,19)/p-1. The number of carboxylic acids is 1. The maximum Gasteiger partial charge on any atom is 0.213 e. The third-order valence-electron chi connectivity index (χ3n) is 2.63. The van der Waals surface area contributed by atoms with Crippen molar-refractivity contribution in [2.24, 2.45) is 0 Å². The van der Waals surface area contributed by atoms with Crippen LogP contribution in [-0.4, -0.2) is 29.3 Å². The molecule has 108 valence electrons. The molecule has 2 aromatic heterocycles. The summed E-state index contributed by atoms with van der Waals surface area (Å²) < 4.78 is 10.4. The lowest BCUT2D eigenvalue weighted by Crippen LogP contribution is -2.22. The van der Waals surface area contributed by atoms with E-state index in [9.17, 15) is 14.7 Å². The average molecular weight is 287 g/mol. The molecule has 0 saturated heterocycles. The minimum Gasteiger partial charge on any atom is -0.545 e. The fourth-order valence-electron chi connectivity index (χ4n) is 1.60. The van der Waals surface area contributed by atoms with E-state index in [1.165, 1.54) is 37.8 Å². The first-order chi connectivity index (χ1) is 10.1. The fourth-order valence-corrected chi connectivity index (χ4v) is 1.60. The Hall–Kier alpha value is -2.96. The third-order valence-corrected chi connectivity index (χ3v) is 2.63. The topological polar surface area (TPSA) is 101 Å². The highest BCUT2D eigenvalue weighted by Gasteiger charge is 2.07. The Bertz CT molecular complexity index is 672. The summed E-state index contributed by atoms with van der Waals surface area (Å²) in [7, 11) is 1.44. The molecule has 0 saturated carbocycles. The van der Waals surface area contributed by atoms with Crippen LogP contribution in [0.3, 0.4) is 0 Å². The van der Waals surface area contributed by atoms with E-state index in [4.69, 9.17) is 9.47 Å². The first-order valence-electron chi connectivity index (χ1n) is 5.91. The van der Waals surface area contributed by atoms with Crippen LogP contribution in [0.5, 0.6) is 11.6 Å². The van der Waals surface area contributed by atoms with Gasteiger partial charge in [-0.25, -0.2) is 4.98 Å². The summed E-state index contributed by atoms with van der Waals surface area (Å²) in [5, 5.41) is 10.7. The second-order valence-electron chi connectivity index (χ2n) is 4.04. The Morgan fingerprint density at radius 1 is 1.33 bits per heavy atom. The molecule has 0 radical (unpaired) electrons. The van der Waals surface area contributed by atoms with Gasteiger partial charge in [0.15, 0.2) is 6.29 Å². The van der Waals surface area contributed by atoms with Gasteiger partial charge in [0.2, 0.25) is 5.88 Å². The lowest BCUT2D eigenvalue weighted by molar-refractivity contribution is -0.255. The second kappa shape index (κ2) is 6.47. The van der Waals surface area contributed by atoms with Crippen LogP contribution in [0.15, 0.2) is 30.7 Å². The smallest absolute Gasteiger partial charge is 0.213 e. The number of ether oxygens (including phenoxy) is 2. The first kappa shape index (κ1) is 14.4. The van der Waals surface area contributed by atoms with Gasteiger partial charge < -0.3 is 19.4 Å². The van der Waals surface area contributed by atoms with E-state index in [2.05, 4.69) is 9.97 Å². The number of hydrogen-bond acceptors (Lipinski definition) is 7. The zero-order chi connectivity index (χ0) is 15.2. The lowest BCUT2D eigenvalue weighted by Gasteiger charge is -2.10. The largest absolute Gasteiger partial charge is 0.545 e. The van der Waals surface area contributed by atoms with E-state index in [1.807, 2.05) is 0 Å². The lowest BCUT2D eigenvalue weighted by atomic mass is 10.2. The van der Waals surface area contributed by atoms with E-state index < -0.39 is 5.97 Å². The van der Waals surface area contributed by atoms with E-state index >= 15 is 0 Å². The van der Waals surface area contributed by atoms with Gasteiger partial charge in [-0.2, -0.15) is 0 Å². The molecule has 7 heteroatoms. The molecule has 0 fully saturated rings. The number of aromatic nitrogens is 2. The van der Waals surface area contributed by atoms with E-state index in [0.29, 0.717) is 17.7 Å². The monoisotopic (exact) mass is 287 g/mol. The van der Waals surface area contributed by atoms with Crippen LogP contribution in [0.25, 0.3) is 0 Å². The van der Waals surface area contributed by atoms with Crippen molar-refractivity contribution in [3.8, 4) is 11.6 Å². The van der Waals surface area contributed by atoms with Gasteiger partial charge in [-0.15, -0.1) is 0 Å². The summed E-state index contributed by atoms with van der Waals surface area (Å²) in [5.41, 5.74) is 0.773. The van der Waals surface area contributed by atoms with Crippen molar-refractivity contribution in [1.82, 2.24) is 9.97 Å². The molecule has 0 N–H and O–H groups in total. The molecule has 0 amide bonds. The number of aromatic carboxylic acids is 1. The highest BCUT2D eigenvalue weighted by atomic mass is 16.5. The molecule has 21 heavy (non-hydrogen) atoms. The minimum absolute atomic E-state index is 0.0421. The highest BCUT2D eigenvalue weighted by molar-refractivity contribution is 5.85. The van der Waals surface area contributed by atoms with Crippen molar-refractivity contribution in [2.45, 2.75) is 6.61 Å². The van der Waals surface area contributed by atoms with Crippen LogP contribution in [0, 0.1) is 0 Å². The van der Waals surface area contributed by atoms with Crippen LogP contribution in [0.1, 0.15) is 26.3 Å². The summed E-state index contributed by atoms with van der Waals surface area (Å²) in [6, 6.07) is 2.83. The minimum atomic E-state index is -1.32. The predicted octanol–water partition coefficient (Wildman–Crippen LogP) is 0.240. The molecule has 2 aromatic rings. The zero-order valence-corrected chi connectivity index (χ0v) is 11.1. The molecule has 0 aliphatic carbocycles. The van der Waals surface area contributed by atoms with Crippen LogP contribution >= 0.6 is 0 Å². The molecular weight excluding hydrogens is 276 g/mol. The van der Waals surface area contributed by atoms with Crippen molar-refractivity contribution in [1.29, 1.82) is 0 Å². The average Bonchev–Trinajstić information content (AvgIpc) is 2.53. The molecule has 0 aliphatic heterocycles. The SMILES string of the molecule is COc1cc(C=O)c(OCc2cncc(C(=O)[O-])c2)cn1. The maximum atomic E-state index is 11.0. The molecule has 0 aliphatic rings. The van der Waals surface area contributed by atoms with Crippen LogP contribution in [0.4, 0.5) is 0 Å². The number of hydrogen-bond donors (Lipinski definition) is 0. The Morgan fingerprint density at radius 3 is 2.81 bits per heavy atom. The van der Waals surface area contributed by atoms with Gasteiger partial charge in [-0.3, -0.25) is 9.78 Å². The molecule has 0 bridgehead atoms. The number of carboxylic acid groups (broad SMARTS) is 1. The third kappa shape index (κ3) is 3.53. The van der Waals surface area contributed by atoms with E-state index in [0.717, 1.165) is 0 Å². The van der Waals surface area contributed by atoms with Crippen molar-refractivity contribution in [2.75, 3.05) is 7.11 Å². The number of rotatable bonds is 6. The number of carbonyl (C=O) groups is 2.